The van der Waals surface area contributed by atoms with E-state index in [0.29, 0.717) is 29.0 Å². The number of halogens is 2. The molecule has 0 aliphatic rings. The molecule has 3 nitrogen and oxygen atoms in total. The molecule has 0 bridgehead atoms. The fourth-order valence-electron chi connectivity index (χ4n) is 2.20. The number of carbonyl (C=O) groups excluding carboxylic acids is 1. The molecule has 5 heteroatoms. The Kier molecular flexibility index (Phi) is 6.79. The van der Waals surface area contributed by atoms with Crippen LogP contribution in [-0.4, -0.2) is 12.6 Å². The first-order chi connectivity index (χ1) is 11.5. The van der Waals surface area contributed by atoms with Crippen LogP contribution < -0.4 is 4.74 Å². The van der Waals surface area contributed by atoms with Gasteiger partial charge in [0.05, 0.1) is 17.0 Å². The van der Waals surface area contributed by atoms with E-state index >= 15 is 0 Å². The molecule has 0 spiro atoms. The zero-order chi connectivity index (χ0) is 17.5. The highest BCUT2D eigenvalue weighted by atomic mass is 79.9. The van der Waals surface area contributed by atoms with Crippen molar-refractivity contribution in [1.29, 1.82) is 0 Å². The zero-order valence-corrected chi connectivity index (χ0v) is 15.3. The molecule has 2 aromatic rings. The van der Waals surface area contributed by atoms with Crippen molar-refractivity contribution in [2.75, 3.05) is 6.61 Å². The third-order valence-electron chi connectivity index (χ3n) is 3.56. The van der Waals surface area contributed by atoms with Crippen LogP contribution in [0.2, 0.25) is 0 Å². The summed E-state index contributed by atoms with van der Waals surface area (Å²) in [7, 11) is 0. The SMILES string of the molecule is CCCOC(=O)C(C)c1cc(F)c(Br)cc1OCc1ccccc1. The second-order valence-electron chi connectivity index (χ2n) is 5.47. The van der Waals surface area contributed by atoms with Crippen LogP contribution >= 0.6 is 15.9 Å². The average molecular weight is 395 g/mol. The van der Waals surface area contributed by atoms with Crippen LogP contribution in [0.1, 0.15) is 37.3 Å². The maximum atomic E-state index is 13.9. The molecule has 24 heavy (non-hydrogen) atoms. The summed E-state index contributed by atoms with van der Waals surface area (Å²) in [6.45, 7) is 4.30. The van der Waals surface area contributed by atoms with Crippen LogP contribution in [0.5, 0.6) is 5.75 Å². The van der Waals surface area contributed by atoms with Gasteiger partial charge in [0.1, 0.15) is 18.2 Å². The number of ether oxygens (including phenoxy) is 2. The maximum absolute atomic E-state index is 13.9. The van der Waals surface area contributed by atoms with Crippen LogP contribution in [0.4, 0.5) is 4.39 Å². The molecule has 1 atom stereocenters. The van der Waals surface area contributed by atoms with Crippen molar-refractivity contribution in [2.24, 2.45) is 0 Å². The van der Waals surface area contributed by atoms with Crippen molar-refractivity contribution in [2.45, 2.75) is 32.8 Å². The van der Waals surface area contributed by atoms with Crippen LogP contribution in [0, 0.1) is 5.82 Å². The minimum absolute atomic E-state index is 0.295. The Bertz CT molecular complexity index is 689. The summed E-state index contributed by atoms with van der Waals surface area (Å²) >= 11 is 3.16. The van der Waals surface area contributed by atoms with E-state index in [1.807, 2.05) is 37.3 Å². The Morgan fingerprint density at radius 1 is 1.25 bits per heavy atom. The van der Waals surface area contributed by atoms with E-state index < -0.39 is 11.7 Å². The lowest BCUT2D eigenvalue weighted by molar-refractivity contribution is -0.145. The number of esters is 1. The maximum Gasteiger partial charge on any atom is 0.313 e. The second kappa shape index (κ2) is 8.83. The number of rotatable bonds is 7. The van der Waals surface area contributed by atoms with Gasteiger partial charge in [0, 0.05) is 5.56 Å². The molecule has 0 heterocycles. The summed E-state index contributed by atoms with van der Waals surface area (Å²) in [5.41, 5.74) is 1.47. The minimum Gasteiger partial charge on any atom is -0.489 e. The van der Waals surface area contributed by atoms with Gasteiger partial charge in [-0.05, 0) is 47.0 Å². The lowest BCUT2D eigenvalue weighted by Gasteiger charge is -2.17. The largest absolute Gasteiger partial charge is 0.489 e. The van der Waals surface area contributed by atoms with Crippen molar-refractivity contribution in [3.8, 4) is 5.75 Å². The Hall–Kier alpha value is -1.88. The summed E-state index contributed by atoms with van der Waals surface area (Å²) in [6, 6.07) is 12.5. The smallest absolute Gasteiger partial charge is 0.313 e. The van der Waals surface area contributed by atoms with Gasteiger partial charge in [0.25, 0.3) is 0 Å². The van der Waals surface area contributed by atoms with Gasteiger partial charge in [-0.25, -0.2) is 4.39 Å². The zero-order valence-electron chi connectivity index (χ0n) is 13.7. The molecule has 2 aromatic carbocycles. The molecule has 0 saturated heterocycles. The predicted octanol–water partition coefficient (Wildman–Crippen LogP) is 5.22. The molecule has 128 valence electrons. The van der Waals surface area contributed by atoms with E-state index in [-0.39, 0.29) is 5.97 Å². The van der Waals surface area contributed by atoms with Gasteiger partial charge >= 0.3 is 5.97 Å². The normalized spacial score (nSPS) is 11.8. The second-order valence-corrected chi connectivity index (χ2v) is 6.32. The van der Waals surface area contributed by atoms with E-state index in [2.05, 4.69) is 15.9 Å². The van der Waals surface area contributed by atoms with Gasteiger partial charge in [0.2, 0.25) is 0 Å². The summed E-state index contributed by atoms with van der Waals surface area (Å²) in [4.78, 5) is 12.1. The molecule has 1 unspecified atom stereocenters. The highest BCUT2D eigenvalue weighted by Gasteiger charge is 2.22. The lowest BCUT2D eigenvalue weighted by atomic mass is 10.00. The van der Waals surface area contributed by atoms with Crippen molar-refractivity contribution in [3.63, 3.8) is 0 Å². The third kappa shape index (κ3) is 4.81. The Balaban J connectivity index is 2.22. The Morgan fingerprint density at radius 2 is 1.96 bits per heavy atom. The summed E-state index contributed by atoms with van der Waals surface area (Å²) in [5.74, 6) is -0.965. The fraction of sp³-hybridized carbons (Fsp3) is 0.316. The molecule has 2 rings (SSSR count). The highest BCUT2D eigenvalue weighted by molar-refractivity contribution is 9.10. The molecule has 0 amide bonds. The summed E-state index contributed by atoms with van der Waals surface area (Å²) in [6.07, 6.45) is 0.741. The molecule has 0 saturated carbocycles. The molecule has 0 aliphatic carbocycles. The van der Waals surface area contributed by atoms with Crippen molar-refractivity contribution >= 4 is 21.9 Å². The van der Waals surface area contributed by atoms with Crippen LogP contribution in [0.15, 0.2) is 46.9 Å². The van der Waals surface area contributed by atoms with Crippen molar-refractivity contribution in [3.05, 3.63) is 63.9 Å². The van der Waals surface area contributed by atoms with Gasteiger partial charge in [-0.3, -0.25) is 4.79 Å². The number of hydrogen-bond donors (Lipinski definition) is 0. The Morgan fingerprint density at radius 3 is 2.62 bits per heavy atom. The minimum atomic E-state index is -0.607. The topological polar surface area (TPSA) is 35.5 Å². The van der Waals surface area contributed by atoms with E-state index in [4.69, 9.17) is 9.47 Å². The summed E-state index contributed by atoms with van der Waals surface area (Å²) < 4.78 is 25.2. The molecule has 0 aliphatic heterocycles. The van der Waals surface area contributed by atoms with Crippen LogP contribution in [0.25, 0.3) is 0 Å². The van der Waals surface area contributed by atoms with Gasteiger partial charge in [-0.2, -0.15) is 0 Å². The van der Waals surface area contributed by atoms with E-state index in [0.717, 1.165) is 12.0 Å². The van der Waals surface area contributed by atoms with Gasteiger partial charge in [-0.1, -0.05) is 37.3 Å². The molecule has 0 fully saturated rings. The van der Waals surface area contributed by atoms with E-state index in [1.165, 1.54) is 6.07 Å². The Labute approximate surface area is 149 Å². The van der Waals surface area contributed by atoms with Crippen molar-refractivity contribution < 1.29 is 18.7 Å². The number of hydrogen-bond acceptors (Lipinski definition) is 3. The van der Waals surface area contributed by atoms with Gasteiger partial charge < -0.3 is 9.47 Å². The van der Waals surface area contributed by atoms with Crippen molar-refractivity contribution in [1.82, 2.24) is 0 Å². The predicted molar refractivity (Wildman–Crippen MR) is 94.5 cm³/mol. The standard InChI is InChI=1S/C19H20BrFO3/c1-3-9-23-19(22)13(2)15-10-17(21)16(20)11-18(15)24-12-14-7-5-4-6-8-14/h4-8,10-11,13H,3,9,12H2,1-2H3. The quantitative estimate of drug-likeness (QED) is 0.603. The van der Waals surface area contributed by atoms with Crippen LogP contribution in [-0.2, 0) is 16.1 Å². The summed E-state index contributed by atoms with van der Waals surface area (Å²) in [5, 5.41) is 0. The fourth-order valence-corrected chi connectivity index (χ4v) is 2.52. The first kappa shape index (κ1) is 18.5. The third-order valence-corrected chi connectivity index (χ3v) is 4.17. The average Bonchev–Trinajstić information content (AvgIpc) is 2.60. The molecular weight excluding hydrogens is 375 g/mol. The molecule has 0 radical (unpaired) electrons. The molecular formula is C19H20BrFO3. The molecule has 0 aromatic heterocycles. The number of carbonyl (C=O) groups is 1. The van der Waals surface area contributed by atoms with Gasteiger partial charge in [0.15, 0.2) is 0 Å². The number of benzene rings is 2. The van der Waals surface area contributed by atoms with Gasteiger partial charge in [-0.15, -0.1) is 0 Å². The van der Waals surface area contributed by atoms with E-state index in [9.17, 15) is 9.18 Å². The highest BCUT2D eigenvalue weighted by Crippen LogP contribution is 2.33. The van der Waals surface area contributed by atoms with E-state index in [1.54, 1.807) is 13.0 Å². The van der Waals surface area contributed by atoms with Crippen LogP contribution in [0.3, 0.4) is 0 Å². The first-order valence-electron chi connectivity index (χ1n) is 7.85. The molecule has 0 N–H and O–H groups in total. The monoisotopic (exact) mass is 394 g/mol. The first-order valence-corrected chi connectivity index (χ1v) is 8.64. The lowest BCUT2D eigenvalue weighted by Crippen LogP contribution is -2.15.